The molecule has 0 bridgehead atoms. The van der Waals surface area contributed by atoms with Gasteiger partial charge in [-0.05, 0) is 6.92 Å². The third-order valence-corrected chi connectivity index (χ3v) is 3.37. The lowest BCUT2D eigenvalue weighted by atomic mass is 10.1. The molecule has 26 heavy (non-hydrogen) atoms. The SMILES string of the molecule is C[C@H](NC(=O)CN)C(=O)N[C@@H](CO)C(=O)N[C@@H](Cc1cnc[nH]1)C(=O)O. The molecule has 0 fully saturated rings. The first-order valence-electron chi connectivity index (χ1n) is 7.69. The van der Waals surface area contributed by atoms with Crippen LogP contribution in [0.2, 0.25) is 0 Å². The number of H-pyrrole nitrogens is 1. The number of hydrogen-bond acceptors (Lipinski definition) is 7. The number of imidazole rings is 1. The highest BCUT2D eigenvalue weighted by molar-refractivity contribution is 5.93. The zero-order valence-corrected chi connectivity index (χ0v) is 14.1. The van der Waals surface area contributed by atoms with Gasteiger partial charge in [-0.25, -0.2) is 9.78 Å². The van der Waals surface area contributed by atoms with Crippen molar-refractivity contribution in [2.45, 2.75) is 31.5 Å². The minimum absolute atomic E-state index is 0.0594. The number of aromatic nitrogens is 2. The molecule has 12 nitrogen and oxygen atoms in total. The maximum Gasteiger partial charge on any atom is 0.326 e. The molecular formula is C14H22N6O6. The molecule has 0 unspecified atom stereocenters. The van der Waals surface area contributed by atoms with E-state index in [9.17, 15) is 29.4 Å². The van der Waals surface area contributed by atoms with Gasteiger partial charge in [0.25, 0.3) is 0 Å². The van der Waals surface area contributed by atoms with Crippen LogP contribution in [-0.4, -0.2) is 75.1 Å². The molecular weight excluding hydrogens is 348 g/mol. The molecule has 12 heteroatoms. The van der Waals surface area contributed by atoms with Gasteiger partial charge in [0, 0.05) is 18.3 Å². The van der Waals surface area contributed by atoms with Gasteiger partial charge in [0.1, 0.15) is 18.1 Å². The number of carbonyl (C=O) groups is 4. The number of nitrogens with two attached hydrogens (primary N) is 1. The third-order valence-electron chi connectivity index (χ3n) is 3.37. The van der Waals surface area contributed by atoms with Gasteiger partial charge in [0.05, 0.1) is 19.5 Å². The van der Waals surface area contributed by atoms with Crippen LogP contribution in [0.1, 0.15) is 12.6 Å². The molecule has 0 aromatic carbocycles. The Hall–Kier alpha value is -2.99. The van der Waals surface area contributed by atoms with Crippen molar-refractivity contribution in [3.05, 3.63) is 18.2 Å². The molecule has 0 aliphatic rings. The van der Waals surface area contributed by atoms with Crippen molar-refractivity contribution in [2.75, 3.05) is 13.2 Å². The largest absolute Gasteiger partial charge is 0.480 e. The number of carboxylic acids is 1. The summed E-state index contributed by atoms with van der Waals surface area (Å²) in [5.41, 5.74) is 5.61. The van der Waals surface area contributed by atoms with Crippen molar-refractivity contribution in [2.24, 2.45) is 5.73 Å². The number of carbonyl (C=O) groups excluding carboxylic acids is 3. The Labute approximate surface area is 148 Å². The van der Waals surface area contributed by atoms with E-state index in [0.29, 0.717) is 5.69 Å². The number of nitrogens with zero attached hydrogens (tertiary/aromatic N) is 1. The predicted octanol–water partition coefficient (Wildman–Crippen LogP) is -3.54. The summed E-state index contributed by atoms with van der Waals surface area (Å²) in [5.74, 6) is -3.48. The zero-order chi connectivity index (χ0) is 19.7. The number of aliphatic carboxylic acids is 1. The lowest BCUT2D eigenvalue weighted by Gasteiger charge is -2.21. The summed E-state index contributed by atoms with van der Waals surface area (Å²) in [6, 6.07) is -3.67. The summed E-state index contributed by atoms with van der Waals surface area (Å²) < 4.78 is 0. The molecule has 1 heterocycles. The number of rotatable bonds is 10. The highest BCUT2D eigenvalue weighted by atomic mass is 16.4. The summed E-state index contributed by atoms with van der Waals surface area (Å²) in [6.07, 6.45) is 2.72. The Bertz CT molecular complexity index is 634. The molecule has 8 N–H and O–H groups in total. The normalized spacial score (nSPS) is 14.0. The van der Waals surface area contributed by atoms with Gasteiger partial charge in [-0.1, -0.05) is 0 Å². The summed E-state index contributed by atoms with van der Waals surface area (Å²) in [5, 5.41) is 25.3. The Morgan fingerprint density at radius 3 is 2.35 bits per heavy atom. The van der Waals surface area contributed by atoms with Gasteiger partial charge in [-0.15, -0.1) is 0 Å². The van der Waals surface area contributed by atoms with Crippen LogP contribution in [0.25, 0.3) is 0 Å². The average molecular weight is 370 g/mol. The second-order valence-corrected chi connectivity index (χ2v) is 5.42. The van der Waals surface area contributed by atoms with E-state index in [-0.39, 0.29) is 13.0 Å². The van der Waals surface area contributed by atoms with E-state index >= 15 is 0 Å². The molecule has 0 spiro atoms. The van der Waals surface area contributed by atoms with Crippen LogP contribution in [-0.2, 0) is 25.6 Å². The van der Waals surface area contributed by atoms with Gasteiger partial charge < -0.3 is 36.9 Å². The predicted molar refractivity (Wildman–Crippen MR) is 87.5 cm³/mol. The highest BCUT2D eigenvalue weighted by Gasteiger charge is 2.28. The smallest absolute Gasteiger partial charge is 0.326 e. The fourth-order valence-electron chi connectivity index (χ4n) is 1.95. The van der Waals surface area contributed by atoms with Gasteiger partial charge in [-0.2, -0.15) is 0 Å². The molecule has 3 amide bonds. The summed E-state index contributed by atoms with van der Waals surface area (Å²) in [7, 11) is 0. The Kier molecular flexibility index (Phi) is 8.18. The van der Waals surface area contributed by atoms with E-state index in [1.807, 2.05) is 0 Å². The number of aliphatic hydroxyl groups excluding tert-OH is 1. The van der Waals surface area contributed by atoms with E-state index < -0.39 is 48.4 Å². The highest BCUT2D eigenvalue weighted by Crippen LogP contribution is 2.00. The van der Waals surface area contributed by atoms with E-state index in [2.05, 4.69) is 25.9 Å². The minimum atomic E-state index is -1.39. The Balaban J connectivity index is 2.66. The standard InChI is InChI=1S/C14H22N6O6/c1-7(18-11(22)3-15)12(23)20-10(5-21)13(24)19-9(14(25)26)2-8-4-16-6-17-8/h4,6-7,9-10,21H,2-3,5,15H2,1H3,(H,16,17)(H,18,22)(H,19,24)(H,20,23)(H,25,26)/t7-,9-,10-/m0/s1. The van der Waals surface area contributed by atoms with Crippen LogP contribution in [0.4, 0.5) is 0 Å². The van der Waals surface area contributed by atoms with Crippen molar-refractivity contribution in [1.82, 2.24) is 25.9 Å². The van der Waals surface area contributed by atoms with E-state index in [1.54, 1.807) is 0 Å². The topological polar surface area (TPSA) is 200 Å². The zero-order valence-electron chi connectivity index (χ0n) is 14.1. The first kappa shape index (κ1) is 21.1. The van der Waals surface area contributed by atoms with Crippen LogP contribution in [0.3, 0.4) is 0 Å². The Morgan fingerprint density at radius 2 is 1.85 bits per heavy atom. The number of amides is 3. The molecule has 0 saturated carbocycles. The average Bonchev–Trinajstić information content (AvgIpc) is 3.11. The summed E-state index contributed by atoms with van der Waals surface area (Å²) in [4.78, 5) is 53.1. The second kappa shape index (κ2) is 10.1. The van der Waals surface area contributed by atoms with E-state index in [1.165, 1.54) is 19.4 Å². The van der Waals surface area contributed by atoms with Crippen LogP contribution in [0.15, 0.2) is 12.5 Å². The van der Waals surface area contributed by atoms with Crippen LogP contribution in [0.5, 0.6) is 0 Å². The first-order valence-corrected chi connectivity index (χ1v) is 7.69. The van der Waals surface area contributed by atoms with Crippen molar-refractivity contribution < 1.29 is 29.4 Å². The lowest BCUT2D eigenvalue weighted by molar-refractivity contribution is -0.142. The summed E-state index contributed by atoms with van der Waals surface area (Å²) >= 11 is 0. The van der Waals surface area contributed by atoms with Gasteiger partial charge in [-0.3, -0.25) is 14.4 Å². The summed E-state index contributed by atoms with van der Waals surface area (Å²) in [6.45, 7) is 0.300. The number of aromatic amines is 1. The number of aliphatic hydroxyl groups is 1. The molecule has 1 aromatic heterocycles. The van der Waals surface area contributed by atoms with Crippen LogP contribution >= 0.6 is 0 Å². The van der Waals surface area contributed by atoms with Crippen molar-refractivity contribution in [3.63, 3.8) is 0 Å². The third kappa shape index (κ3) is 6.49. The molecule has 0 aliphatic heterocycles. The maximum atomic E-state index is 12.2. The quantitative estimate of drug-likeness (QED) is 0.219. The minimum Gasteiger partial charge on any atom is -0.480 e. The van der Waals surface area contributed by atoms with Crippen molar-refractivity contribution >= 4 is 23.7 Å². The van der Waals surface area contributed by atoms with E-state index in [4.69, 9.17) is 5.73 Å². The first-order chi connectivity index (χ1) is 12.3. The fourth-order valence-corrected chi connectivity index (χ4v) is 1.95. The molecule has 1 rings (SSSR count). The molecule has 3 atom stereocenters. The van der Waals surface area contributed by atoms with Crippen LogP contribution < -0.4 is 21.7 Å². The molecule has 144 valence electrons. The van der Waals surface area contributed by atoms with Crippen molar-refractivity contribution in [3.8, 4) is 0 Å². The monoisotopic (exact) mass is 370 g/mol. The molecule has 0 radical (unpaired) electrons. The number of hydrogen-bond donors (Lipinski definition) is 7. The molecule has 1 aromatic rings. The van der Waals surface area contributed by atoms with Crippen LogP contribution in [0, 0.1) is 0 Å². The van der Waals surface area contributed by atoms with Crippen molar-refractivity contribution in [1.29, 1.82) is 0 Å². The Morgan fingerprint density at radius 1 is 1.19 bits per heavy atom. The number of carboxylic acid groups (broad SMARTS) is 1. The van der Waals surface area contributed by atoms with Gasteiger partial charge in [0.15, 0.2) is 0 Å². The van der Waals surface area contributed by atoms with E-state index in [0.717, 1.165) is 0 Å². The fraction of sp³-hybridized carbons (Fsp3) is 0.500. The second-order valence-electron chi connectivity index (χ2n) is 5.42. The molecule has 0 saturated heterocycles. The number of nitrogens with one attached hydrogen (secondary N) is 4. The molecule has 0 aliphatic carbocycles. The maximum absolute atomic E-state index is 12.2. The lowest BCUT2D eigenvalue weighted by Crippen LogP contribution is -2.57. The van der Waals surface area contributed by atoms with Gasteiger partial charge >= 0.3 is 5.97 Å². The van der Waals surface area contributed by atoms with Gasteiger partial charge in [0.2, 0.25) is 17.7 Å².